The van der Waals surface area contributed by atoms with E-state index in [1.54, 1.807) is 0 Å². The number of carbonyl (C=O) groups is 1. The molecule has 0 saturated heterocycles. The van der Waals surface area contributed by atoms with Gasteiger partial charge in [-0.05, 0) is 57.1 Å². The van der Waals surface area contributed by atoms with Gasteiger partial charge in [0.2, 0.25) is 5.91 Å². The van der Waals surface area contributed by atoms with Gasteiger partial charge in [0.1, 0.15) is 0 Å². The highest BCUT2D eigenvalue weighted by molar-refractivity contribution is 9.10. The standard InChI is InChI=1S/C15H21BrN2O/c1-18(2)9-3-8-17-15(19)14-10-13(14)11-4-6-12(16)7-5-11/h4-7,13-14H,3,8-10H2,1-2H3,(H,17,19)/t13-,14-/m0/s1. The number of amides is 1. The first-order valence-corrected chi connectivity index (χ1v) is 7.55. The number of benzene rings is 1. The average Bonchev–Trinajstić information content (AvgIpc) is 3.15. The zero-order valence-corrected chi connectivity index (χ0v) is 13.1. The third-order valence-electron chi connectivity index (χ3n) is 3.51. The highest BCUT2D eigenvalue weighted by Crippen LogP contribution is 2.47. The van der Waals surface area contributed by atoms with Gasteiger partial charge in [0, 0.05) is 16.9 Å². The lowest BCUT2D eigenvalue weighted by Crippen LogP contribution is -2.28. The van der Waals surface area contributed by atoms with Crippen molar-refractivity contribution in [3.8, 4) is 0 Å². The summed E-state index contributed by atoms with van der Waals surface area (Å²) in [7, 11) is 4.10. The molecule has 1 fully saturated rings. The van der Waals surface area contributed by atoms with E-state index in [0.29, 0.717) is 5.92 Å². The van der Waals surface area contributed by atoms with E-state index in [1.165, 1.54) is 5.56 Å². The molecule has 19 heavy (non-hydrogen) atoms. The van der Waals surface area contributed by atoms with Gasteiger partial charge >= 0.3 is 0 Å². The second kappa shape index (κ2) is 6.53. The molecule has 1 aromatic carbocycles. The highest BCUT2D eigenvalue weighted by atomic mass is 79.9. The zero-order valence-electron chi connectivity index (χ0n) is 11.5. The first-order chi connectivity index (χ1) is 9.08. The molecule has 1 N–H and O–H groups in total. The van der Waals surface area contributed by atoms with Gasteiger partial charge in [-0.2, -0.15) is 0 Å². The number of nitrogens with zero attached hydrogens (tertiary/aromatic N) is 1. The molecule has 0 radical (unpaired) electrons. The van der Waals surface area contributed by atoms with Crippen LogP contribution in [0.5, 0.6) is 0 Å². The summed E-state index contributed by atoms with van der Waals surface area (Å²) < 4.78 is 1.08. The molecule has 3 nitrogen and oxygen atoms in total. The van der Waals surface area contributed by atoms with Crippen LogP contribution in [-0.2, 0) is 4.79 Å². The lowest BCUT2D eigenvalue weighted by Gasteiger charge is -2.09. The fraction of sp³-hybridized carbons (Fsp3) is 0.533. The Labute approximate surface area is 123 Å². The van der Waals surface area contributed by atoms with Gasteiger partial charge in [0.25, 0.3) is 0 Å². The van der Waals surface area contributed by atoms with E-state index < -0.39 is 0 Å². The maximum atomic E-state index is 12.0. The maximum Gasteiger partial charge on any atom is 0.223 e. The summed E-state index contributed by atoms with van der Waals surface area (Å²) in [6.45, 7) is 1.79. The summed E-state index contributed by atoms with van der Waals surface area (Å²) in [5, 5.41) is 3.04. The van der Waals surface area contributed by atoms with Crippen molar-refractivity contribution in [3.05, 3.63) is 34.3 Å². The third-order valence-corrected chi connectivity index (χ3v) is 4.04. The fourth-order valence-corrected chi connectivity index (χ4v) is 2.57. The van der Waals surface area contributed by atoms with Gasteiger partial charge in [-0.15, -0.1) is 0 Å². The minimum atomic E-state index is 0.181. The van der Waals surface area contributed by atoms with Crippen LogP contribution in [-0.4, -0.2) is 38.0 Å². The van der Waals surface area contributed by atoms with Crippen molar-refractivity contribution in [3.63, 3.8) is 0 Å². The van der Waals surface area contributed by atoms with Crippen LogP contribution in [0, 0.1) is 5.92 Å². The van der Waals surface area contributed by atoms with Crippen LogP contribution in [0.15, 0.2) is 28.7 Å². The van der Waals surface area contributed by atoms with Gasteiger partial charge in [-0.25, -0.2) is 0 Å². The SMILES string of the molecule is CN(C)CCCNC(=O)[C@H]1C[C@H]1c1ccc(Br)cc1. The molecule has 1 amide bonds. The Morgan fingerprint density at radius 2 is 2.05 bits per heavy atom. The Balaban J connectivity index is 1.73. The Kier molecular flexibility index (Phi) is 4.99. The van der Waals surface area contributed by atoms with Gasteiger partial charge in [0.05, 0.1) is 0 Å². The van der Waals surface area contributed by atoms with Gasteiger partial charge < -0.3 is 10.2 Å². The summed E-state index contributed by atoms with van der Waals surface area (Å²) in [6.07, 6.45) is 2.00. The summed E-state index contributed by atoms with van der Waals surface area (Å²) in [6, 6.07) is 8.29. The largest absolute Gasteiger partial charge is 0.356 e. The minimum Gasteiger partial charge on any atom is -0.356 e. The van der Waals surface area contributed by atoms with Crippen LogP contribution in [0.25, 0.3) is 0 Å². The van der Waals surface area contributed by atoms with Crippen LogP contribution in [0.2, 0.25) is 0 Å². The van der Waals surface area contributed by atoms with E-state index in [9.17, 15) is 4.79 Å². The lowest BCUT2D eigenvalue weighted by atomic mass is 10.1. The van der Waals surface area contributed by atoms with Crippen molar-refractivity contribution in [1.82, 2.24) is 10.2 Å². The molecule has 2 atom stereocenters. The van der Waals surface area contributed by atoms with Crippen molar-refractivity contribution < 1.29 is 4.79 Å². The predicted molar refractivity (Wildman–Crippen MR) is 81.2 cm³/mol. The maximum absolute atomic E-state index is 12.0. The molecule has 1 aromatic rings. The molecule has 1 aliphatic rings. The topological polar surface area (TPSA) is 32.3 Å². The van der Waals surface area contributed by atoms with Crippen molar-refractivity contribution >= 4 is 21.8 Å². The number of hydrogen-bond acceptors (Lipinski definition) is 2. The zero-order chi connectivity index (χ0) is 13.8. The Morgan fingerprint density at radius 1 is 1.37 bits per heavy atom. The van der Waals surface area contributed by atoms with Crippen LogP contribution >= 0.6 is 15.9 Å². The van der Waals surface area contributed by atoms with Crippen LogP contribution < -0.4 is 5.32 Å². The first-order valence-electron chi connectivity index (χ1n) is 6.76. The van der Waals surface area contributed by atoms with E-state index in [4.69, 9.17) is 0 Å². The van der Waals surface area contributed by atoms with Crippen LogP contribution in [0.1, 0.15) is 24.3 Å². The van der Waals surface area contributed by atoms with Crippen LogP contribution in [0.3, 0.4) is 0 Å². The third kappa shape index (κ3) is 4.32. The molecule has 0 unspecified atom stereocenters. The first kappa shape index (κ1) is 14.5. The smallest absolute Gasteiger partial charge is 0.223 e. The molecule has 0 aliphatic heterocycles. The summed E-state index contributed by atoms with van der Waals surface area (Å²) in [4.78, 5) is 14.1. The van der Waals surface area contributed by atoms with Crippen molar-refractivity contribution in [2.75, 3.05) is 27.2 Å². The Hall–Kier alpha value is -0.870. The minimum absolute atomic E-state index is 0.181. The molecule has 104 valence electrons. The summed E-state index contributed by atoms with van der Waals surface area (Å²) in [5.74, 6) is 0.814. The van der Waals surface area contributed by atoms with E-state index in [0.717, 1.165) is 30.4 Å². The van der Waals surface area contributed by atoms with Crippen LogP contribution in [0.4, 0.5) is 0 Å². The monoisotopic (exact) mass is 324 g/mol. The normalized spacial score (nSPS) is 21.5. The average molecular weight is 325 g/mol. The quantitative estimate of drug-likeness (QED) is 0.816. The van der Waals surface area contributed by atoms with Crippen molar-refractivity contribution in [1.29, 1.82) is 0 Å². The molecule has 2 rings (SSSR count). The fourth-order valence-electron chi connectivity index (χ4n) is 2.30. The second-order valence-electron chi connectivity index (χ2n) is 5.45. The van der Waals surface area contributed by atoms with Crippen molar-refractivity contribution in [2.45, 2.75) is 18.8 Å². The molecule has 1 aliphatic carbocycles. The Bertz CT molecular complexity index is 430. The number of hydrogen-bond donors (Lipinski definition) is 1. The Morgan fingerprint density at radius 3 is 2.68 bits per heavy atom. The molecular formula is C15H21BrN2O. The number of carbonyl (C=O) groups excluding carboxylic acids is 1. The summed E-state index contributed by atoms with van der Waals surface area (Å²) >= 11 is 3.43. The summed E-state index contributed by atoms with van der Waals surface area (Å²) in [5.41, 5.74) is 1.27. The van der Waals surface area contributed by atoms with Crippen molar-refractivity contribution in [2.24, 2.45) is 5.92 Å². The molecule has 0 bridgehead atoms. The molecule has 0 spiro atoms. The van der Waals surface area contributed by atoms with E-state index >= 15 is 0 Å². The highest BCUT2D eigenvalue weighted by Gasteiger charge is 2.43. The molecule has 4 heteroatoms. The molecular weight excluding hydrogens is 304 g/mol. The van der Waals surface area contributed by atoms with E-state index in [-0.39, 0.29) is 11.8 Å². The van der Waals surface area contributed by atoms with E-state index in [1.807, 2.05) is 26.2 Å². The predicted octanol–water partition coefficient (Wildman–Crippen LogP) is 2.62. The number of rotatable bonds is 6. The van der Waals surface area contributed by atoms with Gasteiger partial charge in [-0.3, -0.25) is 4.79 Å². The van der Waals surface area contributed by atoms with Gasteiger partial charge in [0.15, 0.2) is 0 Å². The number of nitrogens with one attached hydrogen (secondary N) is 1. The number of halogens is 1. The lowest BCUT2D eigenvalue weighted by molar-refractivity contribution is -0.122. The molecule has 1 saturated carbocycles. The van der Waals surface area contributed by atoms with Gasteiger partial charge in [-0.1, -0.05) is 28.1 Å². The molecule has 0 aromatic heterocycles. The van der Waals surface area contributed by atoms with E-state index in [2.05, 4.69) is 38.3 Å². The molecule has 0 heterocycles. The second-order valence-corrected chi connectivity index (χ2v) is 6.36.